The first-order chi connectivity index (χ1) is 14.6. The van der Waals surface area contributed by atoms with E-state index in [0.29, 0.717) is 17.3 Å². The Kier molecular flexibility index (Phi) is 12.9. The molecule has 0 aliphatic carbocycles. The first-order valence-corrected chi connectivity index (χ1v) is 13.7. The van der Waals surface area contributed by atoms with Crippen molar-refractivity contribution in [2.45, 2.75) is 38.5 Å². The van der Waals surface area contributed by atoms with Crippen molar-refractivity contribution >= 4 is 56.1 Å². The minimum atomic E-state index is -3.77. The Hall–Kier alpha value is -0.950. The number of thioether (sulfide) groups is 2. The second kappa shape index (κ2) is 14.2. The molecule has 7 nitrogen and oxygen atoms in total. The predicted molar refractivity (Wildman–Crippen MR) is 135 cm³/mol. The molecule has 31 heavy (non-hydrogen) atoms. The summed E-state index contributed by atoms with van der Waals surface area (Å²) in [5.74, 6) is -0.283. The number of fused-ring (bicyclic) bond motifs is 1. The van der Waals surface area contributed by atoms with E-state index in [0.717, 1.165) is 16.2 Å². The molecular weight excluding hydrogens is 475 g/mol. The summed E-state index contributed by atoms with van der Waals surface area (Å²) < 4.78 is 28.4. The lowest BCUT2D eigenvalue weighted by Crippen LogP contribution is -2.21. The highest BCUT2D eigenvalue weighted by Gasteiger charge is 2.29. The van der Waals surface area contributed by atoms with Crippen molar-refractivity contribution in [2.24, 2.45) is 5.73 Å². The van der Waals surface area contributed by atoms with Gasteiger partial charge in [-0.3, -0.25) is 9.35 Å². The molecule has 0 saturated carbocycles. The molecule has 11 heteroatoms. The van der Waals surface area contributed by atoms with Crippen LogP contribution in [-0.4, -0.2) is 60.0 Å². The molecule has 1 amide bonds. The number of hydrogen-bond acceptors (Lipinski definition) is 8. The summed E-state index contributed by atoms with van der Waals surface area (Å²) in [7, 11) is -3.77. The Bertz CT molecular complexity index is 852. The van der Waals surface area contributed by atoms with E-state index >= 15 is 0 Å². The highest BCUT2D eigenvalue weighted by molar-refractivity contribution is 8.27. The smallest absolute Gasteiger partial charge is 0.264 e. The normalized spacial score (nSPS) is 17.5. The van der Waals surface area contributed by atoms with Crippen LogP contribution in [0.2, 0.25) is 0 Å². The van der Waals surface area contributed by atoms with Crippen molar-refractivity contribution in [3.8, 4) is 0 Å². The fourth-order valence-corrected chi connectivity index (χ4v) is 5.53. The Labute approximate surface area is 199 Å². The van der Waals surface area contributed by atoms with Crippen molar-refractivity contribution in [3.63, 3.8) is 0 Å². The highest BCUT2D eigenvalue weighted by Crippen LogP contribution is 2.44. The summed E-state index contributed by atoms with van der Waals surface area (Å²) in [4.78, 5) is 17.1. The van der Waals surface area contributed by atoms with Crippen LogP contribution in [-0.2, 0) is 21.3 Å². The van der Waals surface area contributed by atoms with Gasteiger partial charge in [-0.25, -0.2) is 0 Å². The molecule has 174 valence electrons. The minimum Gasteiger partial charge on any atom is -0.330 e. The van der Waals surface area contributed by atoms with Gasteiger partial charge in [0.25, 0.3) is 16.0 Å². The lowest BCUT2D eigenvalue weighted by molar-refractivity contribution is -0.115. The second-order valence-electron chi connectivity index (χ2n) is 6.53. The topological polar surface area (TPSA) is 113 Å². The Morgan fingerprint density at radius 3 is 2.16 bits per heavy atom. The van der Waals surface area contributed by atoms with Gasteiger partial charge in [-0.1, -0.05) is 74.7 Å². The van der Waals surface area contributed by atoms with Gasteiger partial charge in [0.1, 0.15) is 4.32 Å². The van der Waals surface area contributed by atoms with Crippen molar-refractivity contribution in [3.05, 3.63) is 39.6 Å². The van der Waals surface area contributed by atoms with E-state index in [1.165, 1.54) is 41.9 Å². The predicted octanol–water partition coefficient (Wildman–Crippen LogP) is 3.27. The Morgan fingerprint density at radius 1 is 1.16 bits per heavy atom. The van der Waals surface area contributed by atoms with Gasteiger partial charge in [-0.05, 0) is 44.2 Å². The zero-order valence-corrected chi connectivity index (χ0v) is 21.4. The van der Waals surface area contributed by atoms with Gasteiger partial charge in [-0.2, -0.15) is 8.42 Å². The fourth-order valence-electron chi connectivity index (χ4n) is 2.65. The van der Waals surface area contributed by atoms with Crippen LogP contribution in [0.5, 0.6) is 0 Å². The molecule has 0 aromatic heterocycles. The number of carbonyl (C=O) groups excluding carboxylic acids is 1. The summed E-state index contributed by atoms with van der Waals surface area (Å²) in [5, 5.41) is 2.65. The SMILES string of the molecule is CCN(CC)CC.NCCCS(=O)(=O)O.O=C1NC(=S)S/C1=C1/Cc2ccccc2S1. The molecule has 1 aromatic carbocycles. The number of nitrogens with one attached hydrogen (secondary N) is 1. The van der Waals surface area contributed by atoms with Crippen molar-refractivity contribution < 1.29 is 17.8 Å². The van der Waals surface area contributed by atoms with Gasteiger partial charge in [-0.15, -0.1) is 0 Å². The van der Waals surface area contributed by atoms with E-state index in [-0.39, 0.29) is 11.7 Å². The number of nitrogens with two attached hydrogens (primary N) is 1. The van der Waals surface area contributed by atoms with Crippen LogP contribution in [0.25, 0.3) is 0 Å². The maximum absolute atomic E-state index is 11.6. The van der Waals surface area contributed by atoms with Crippen molar-refractivity contribution in [1.82, 2.24) is 10.2 Å². The number of amides is 1. The number of benzene rings is 1. The van der Waals surface area contributed by atoms with Crippen LogP contribution in [0.4, 0.5) is 0 Å². The van der Waals surface area contributed by atoms with E-state index in [9.17, 15) is 13.2 Å². The number of rotatable bonds is 6. The van der Waals surface area contributed by atoms with Crippen LogP contribution in [0, 0.1) is 0 Å². The summed E-state index contributed by atoms with van der Waals surface area (Å²) in [6, 6.07) is 8.24. The largest absolute Gasteiger partial charge is 0.330 e. The van der Waals surface area contributed by atoms with Crippen LogP contribution in [0.3, 0.4) is 0 Å². The molecule has 0 atom stereocenters. The first-order valence-electron chi connectivity index (χ1n) is 10.0. The number of nitrogens with zero attached hydrogens (tertiary/aromatic N) is 1. The molecule has 2 aliphatic rings. The molecular formula is C20H31N3O4S4. The van der Waals surface area contributed by atoms with E-state index in [1.54, 1.807) is 11.8 Å². The van der Waals surface area contributed by atoms with Gasteiger partial charge < -0.3 is 16.0 Å². The molecule has 3 rings (SSSR count). The Balaban J connectivity index is 0.000000272. The molecule has 1 saturated heterocycles. The van der Waals surface area contributed by atoms with Gasteiger partial charge in [0.05, 0.1) is 10.7 Å². The Morgan fingerprint density at radius 2 is 1.77 bits per heavy atom. The second-order valence-corrected chi connectivity index (χ2v) is 10.9. The number of hydrogen-bond donors (Lipinski definition) is 3. The van der Waals surface area contributed by atoms with Crippen molar-refractivity contribution in [1.29, 1.82) is 0 Å². The maximum atomic E-state index is 11.6. The molecule has 0 radical (unpaired) electrons. The fraction of sp³-hybridized carbons (Fsp3) is 0.500. The average Bonchev–Trinajstić information content (AvgIpc) is 3.30. The van der Waals surface area contributed by atoms with E-state index in [2.05, 4.69) is 43.1 Å². The van der Waals surface area contributed by atoms with E-state index < -0.39 is 10.1 Å². The van der Waals surface area contributed by atoms with Gasteiger partial charge in [0.2, 0.25) is 0 Å². The number of thiocarbonyl (C=S) groups is 1. The average molecular weight is 506 g/mol. The zero-order chi connectivity index (χ0) is 23.4. The third kappa shape index (κ3) is 10.5. The minimum absolute atomic E-state index is 0.0506. The molecule has 1 fully saturated rings. The molecule has 0 spiro atoms. The van der Waals surface area contributed by atoms with E-state index in [4.69, 9.17) is 22.5 Å². The lowest BCUT2D eigenvalue weighted by Gasteiger charge is -2.13. The quantitative estimate of drug-likeness (QED) is 0.304. The highest BCUT2D eigenvalue weighted by atomic mass is 32.2. The van der Waals surface area contributed by atoms with Crippen molar-refractivity contribution in [2.75, 3.05) is 31.9 Å². The lowest BCUT2D eigenvalue weighted by atomic mass is 10.1. The third-order valence-electron chi connectivity index (χ3n) is 4.37. The summed E-state index contributed by atoms with van der Waals surface area (Å²) in [6.07, 6.45) is 1.16. The molecule has 0 unspecified atom stereocenters. The third-order valence-corrected chi connectivity index (χ3v) is 7.80. The molecule has 1 aromatic rings. The van der Waals surface area contributed by atoms with Crippen LogP contribution >= 0.6 is 35.7 Å². The van der Waals surface area contributed by atoms with Gasteiger partial charge in [0.15, 0.2) is 0 Å². The van der Waals surface area contributed by atoms with Crippen LogP contribution < -0.4 is 11.1 Å². The standard InChI is InChI=1S/C11H7NOS3.C6H15N.C3H9NO3S/c13-10-9(16-11(14)12-10)8-5-6-3-1-2-4-7(6)15-8;1-4-7(5-2)6-3;4-2-1-3-8(5,6)7/h1-4H,5H2,(H,12,13,14);4-6H2,1-3H3;1-4H2,(H,5,6,7)/b9-8-;;. The molecule has 0 bridgehead atoms. The number of allylic oxidation sites excluding steroid dienone is 1. The maximum Gasteiger partial charge on any atom is 0.264 e. The molecule has 2 heterocycles. The monoisotopic (exact) mass is 505 g/mol. The summed E-state index contributed by atoms with van der Waals surface area (Å²) in [6.45, 7) is 10.4. The van der Waals surface area contributed by atoms with Crippen LogP contribution in [0.15, 0.2) is 39.0 Å². The summed E-state index contributed by atoms with van der Waals surface area (Å²) in [5.41, 5.74) is 6.25. The van der Waals surface area contributed by atoms with E-state index in [1.807, 2.05) is 12.1 Å². The van der Waals surface area contributed by atoms with Gasteiger partial charge in [0, 0.05) is 16.2 Å². The first kappa shape index (κ1) is 28.1. The molecule has 2 aliphatic heterocycles. The zero-order valence-electron chi connectivity index (χ0n) is 18.1. The molecule has 4 N–H and O–H groups in total. The van der Waals surface area contributed by atoms with Crippen LogP contribution in [0.1, 0.15) is 32.8 Å². The summed E-state index contributed by atoms with van der Waals surface area (Å²) >= 11 is 8.03. The number of carbonyl (C=O) groups is 1. The van der Waals surface area contributed by atoms with Gasteiger partial charge >= 0.3 is 0 Å².